The second-order valence-electron chi connectivity index (χ2n) is 10.6. The first-order chi connectivity index (χ1) is 12.7. The highest BCUT2D eigenvalue weighted by Crippen LogP contribution is 2.60. The Morgan fingerprint density at radius 3 is 2.31 bits per heavy atom. The van der Waals surface area contributed by atoms with E-state index in [9.17, 15) is 5.26 Å². The summed E-state index contributed by atoms with van der Waals surface area (Å²) in [4.78, 5) is 0. The summed E-state index contributed by atoms with van der Waals surface area (Å²) in [7, 11) is 0. The summed E-state index contributed by atoms with van der Waals surface area (Å²) in [5, 5.41) is 9.88. The standard InChI is InChI=1S/C25H41N/c1-3-6-18-7-5-8-22-20(18)11-12-23-21-13-15-25(17-26,14-4-2)16-19(21)9-10-24(22)23/h18-24H,3-16H2,1-2H3/t18-,19?,20?,21?,22?,23?,24?,25-/m1/s1. The van der Waals surface area contributed by atoms with Crippen LogP contribution in [-0.4, -0.2) is 0 Å². The minimum atomic E-state index is 0.0387. The summed E-state index contributed by atoms with van der Waals surface area (Å²) in [6.45, 7) is 4.65. The lowest BCUT2D eigenvalue weighted by Gasteiger charge is -2.57. The number of nitriles is 1. The molecular weight excluding hydrogens is 314 g/mol. The van der Waals surface area contributed by atoms with Gasteiger partial charge in [0.2, 0.25) is 0 Å². The van der Waals surface area contributed by atoms with E-state index in [2.05, 4.69) is 19.9 Å². The molecule has 6 unspecified atom stereocenters. The van der Waals surface area contributed by atoms with Crippen LogP contribution in [0.25, 0.3) is 0 Å². The average molecular weight is 356 g/mol. The first-order valence-corrected chi connectivity index (χ1v) is 12.1. The van der Waals surface area contributed by atoms with Gasteiger partial charge in [0, 0.05) is 0 Å². The molecule has 0 aliphatic heterocycles. The van der Waals surface area contributed by atoms with E-state index >= 15 is 0 Å². The maximum Gasteiger partial charge on any atom is 0.0689 e. The van der Waals surface area contributed by atoms with Crippen molar-refractivity contribution in [1.29, 1.82) is 5.26 Å². The van der Waals surface area contributed by atoms with E-state index in [0.29, 0.717) is 0 Å². The predicted octanol–water partition coefficient (Wildman–Crippen LogP) is 7.37. The molecule has 0 spiro atoms. The van der Waals surface area contributed by atoms with Gasteiger partial charge in [-0.15, -0.1) is 0 Å². The van der Waals surface area contributed by atoms with Crippen molar-refractivity contribution in [3.8, 4) is 6.07 Å². The van der Waals surface area contributed by atoms with Crippen molar-refractivity contribution >= 4 is 0 Å². The Labute approximate surface area is 162 Å². The molecule has 4 fully saturated rings. The lowest BCUT2D eigenvalue weighted by molar-refractivity contribution is -0.0715. The molecule has 1 heteroatoms. The van der Waals surface area contributed by atoms with Crippen LogP contribution in [0.2, 0.25) is 0 Å². The lowest BCUT2D eigenvalue weighted by atomic mass is 9.48. The summed E-state index contributed by atoms with van der Waals surface area (Å²) in [6.07, 6.45) is 19.6. The second-order valence-corrected chi connectivity index (χ2v) is 10.6. The molecule has 1 nitrogen and oxygen atoms in total. The molecule has 146 valence electrons. The molecule has 0 N–H and O–H groups in total. The molecule has 0 aromatic carbocycles. The number of rotatable bonds is 4. The summed E-state index contributed by atoms with van der Waals surface area (Å²) in [5.74, 6) is 7.12. The van der Waals surface area contributed by atoms with Crippen LogP contribution >= 0.6 is 0 Å². The maximum atomic E-state index is 9.88. The van der Waals surface area contributed by atoms with Gasteiger partial charge < -0.3 is 0 Å². The van der Waals surface area contributed by atoms with Crippen molar-refractivity contribution < 1.29 is 0 Å². The molecule has 26 heavy (non-hydrogen) atoms. The van der Waals surface area contributed by atoms with E-state index in [1.807, 2.05) is 0 Å². The van der Waals surface area contributed by atoms with E-state index in [1.54, 1.807) is 6.42 Å². The van der Waals surface area contributed by atoms with Crippen molar-refractivity contribution in [2.45, 2.75) is 104 Å². The van der Waals surface area contributed by atoms with E-state index in [1.165, 1.54) is 77.0 Å². The van der Waals surface area contributed by atoms with Gasteiger partial charge in [0.1, 0.15) is 0 Å². The van der Waals surface area contributed by atoms with Crippen molar-refractivity contribution in [2.75, 3.05) is 0 Å². The largest absolute Gasteiger partial charge is 0.198 e. The van der Waals surface area contributed by atoms with Gasteiger partial charge in [-0.3, -0.25) is 0 Å². The van der Waals surface area contributed by atoms with Gasteiger partial charge in [-0.2, -0.15) is 5.26 Å². The summed E-state index contributed by atoms with van der Waals surface area (Å²) < 4.78 is 0. The molecule has 0 aromatic rings. The maximum absolute atomic E-state index is 9.88. The fourth-order valence-electron chi connectivity index (χ4n) is 8.56. The van der Waals surface area contributed by atoms with E-state index in [-0.39, 0.29) is 5.41 Å². The van der Waals surface area contributed by atoms with Gasteiger partial charge >= 0.3 is 0 Å². The van der Waals surface area contributed by atoms with Gasteiger partial charge in [0.25, 0.3) is 0 Å². The smallest absolute Gasteiger partial charge is 0.0689 e. The Bertz CT molecular complexity index is 517. The minimum absolute atomic E-state index is 0.0387. The van der Waals surface area contributed by atoms with Gasteiger partial charge in [-0.1, -0.05) is 46.0 Å². The Morgan fingerprint density at radius 1 is 0.808 bits per heavy atom. The molecule has 0 amide bonds. The highest BCUT2D eigenvalue weighted by Gasteiger charge is 2.52. The molecule has 4 aliphatic carbocycles. The highest BCUT2D eigenvalue weighted by atomic mass is 14.6. The number of hydrogen-bond acceptors (Lipinski definition) is 1. The molecule has 4 saturated carbocycles. The van der Waals surface area contributed by atoms with Crippen LogP contribution < -0.4 is 0 Å². The van der Waals surface area contributed by atoms with Crippen LogP contribution in [0.15, 0.2) is 0 Å². The first-order valence-electron chi connectivity index (χ1n) is 12.1. The summed E-state index contributed by atoms with van der Waals surface area (Å²) in [6, 6.07) is 2.79. The van der Waals surface area contributed by atoms with E-state index < -0.39 is 0 Å². The predicted molar refractivity (Wildman–Crippen MR) is 108 cm³/mol. The van der Waals surface area contributed by atoms with Crippen LogP contribution in [-0.2, 0) is 0 Å². The number of fused-ring (bicyclic) bond motifs is 5. The zero-order chi connectivity index (χ0) is 18.1. The van der Waals surface area contributed by atoms with Gasteiger partial charge in [0.05, 0.1) is 11.5 Å². The molecule has 0 bridgehead atoms. The van der Waals surface area contributed by atoms with E-state index in [4.69, 9.17) is 0 Å². The van der Waals surface area contributed by atoms with Gasteiger partial charge in [-0.05, 0) is 99.2 Å². The Kier molecular flexibility index (Phi) is 5.69. The molecular formula is C25H41N. The number of nitrogens with zero attached hydrogens (tertiary/aromatic N) is 1. The Balaban J connectivity index is 1.47. The van der Waals surface area contributed by atoms with Crippen molar-refractivity contribution in [3.05, 3.63) is 0 Å². The quantitative estimate of drug-likeness (QED) is 0.516. The lowest BCUT2D eigenvalue weighted by Crippen LogP contribution is -2.49. The fraction of sp³-hybridized carbons (Fsp3) is 0.960. The third-order valence-electron chi connectivity index (χ3n) is 9.46. The van der Waals surface area contributed by atoms with Crippen LogP contribution in [0.5, 0.6) is 0 Å². The zero-order valence-corrected chi connectivity index (χ0v) is 17.4. The molecule has 4 rings (SSSR count). The van der Waals surface area contributed by atoms with Crippen LogP contribution in [0, 0.1) is 58.2 Å². The van der Waals surface area contributed by atoms with Gasteiger partial charge in [0.15, 0.2) is 0 Å². The summed E-state index contributed by atoms with van der Waals surface area (Å²) in [5.41, 5.74) is 0.0387. The molecule has 4 aliphatic rings. The van der Waals surface area contributed by atoms with Crippen molar-refractivity contribution in [2.24, 2.45) is 46.8 Å². The summed E-state index contributed by atoms with van der Waals surface area (Å²) >= 11 is 0. The molecule has 0 heterocycles. The van der Waals surface area contributed by atoms with E-state index in [0.717, 1.165) is 47.8 Å². The average Bonchev–Trinajstić information content (AvgIpc) is 2.68. The third-order valence-corrected chi connectivity index (χ3v) is 9.46. The first kappa shape index (κ1) is 18.8. The molecule has 0 saturated heterocycles. The van der Waals surface area contributed by atoms with Gasteiger partial charge in [-0.25, -0.2) is 0 Å². The molecule has 8 atom stereocenters. The zero-order valence-electron chi connectivity index (χ0n) is 17.4. The Morgan fingerprint density at radius 2 is 1.54 bits per heavy atom. The van der Waals surface area contributed by atoms with Crippen LogP contribution in [0.1, 0.15) is 104 Å². The topological polar surface area (TPSA) is 23.8 Å². The SMILES string of the molecule is CCC[C@@H]1CCCC2C3CCC4C[C@@](C#N)(CCC)CCC4C3CCC21. The Hall–Kier alpha value is -0.510. The fourth-order valence-corrected chi connectivity index (χ4v) is 8.56. The molecule has 0 aromatic heterocycles. The van der Waals surface area contributed by atoms with Crippen LogP contribution in [0.3, 0.4) is 0 Å². The van der Waals surface area contributed by atoms with Crippen molar-refractivity contribution in [3.63, 3.8) is 0 Å². The minimum Gasteiger partial charge on any atom is -0.198 e. The van der Waals surface area contributed by atoms with Crippen LogP contribution in [0.4, 0.5) is 0 Å². The third kappa shape index (κ3) is 3.25. The second kappa shape index (κ2) is 7.85. The molecule has 0 radical (unpaired) electrons. The highest BCUT2D eigenvalue weighted by molar-refractivity contribution is 5.07. The number of hydrogen-bond donors (Lipinski definition) is 0. The monoisotopic (exact) mass is 355 g/mol. The van der Waals surface area contributed by atoms with Crippen molar-refractivity contribution in [1.82, 2.24) is 0 Å². The normalized spacial score (nSPS) is 48.0.